The molecule has 0 spiro atoms. The number of rotatable bonds is 8. The maximum absolute atomic E-state index is 12.1. The zero-order valence-electron chi connectivity index (χ0n) is 13.4. The molecule has 0 fully saturated rings. The van der Waals surface area contributed by atoms with Crippen molar-refractivity contribution >= 4 is 27.6 Å². The minimum absolute atomic E-state index is 0.0267. The molecule has 0 aromatic heterocycles. The highest BCUT2D eigenvalue weighted by atomic mass is 32.2. The smallest absolute Gasteiger partial charge is 0.303 e. The molecule has 0 saturated heterocycles. The minimum Gasteiger partial charge on any atom is -0.481 e. The summed E-state index contributed by atoms with van der Waals surface area (Å²) in [6.45, 7) is 3.52. The van der Waals surface area contributed by atoms with Crippen molar-refractivity contribution < 1.29 is 23.1 Å². The summed E-state index contributed by atoms with van der Waals surface area (Å²) >= 11 is 0. The third-order valence-electron chi connectivity index (χ3n) is 3.04. The van der Waals surface area contributed by atoms with E-state index in [4.69, 9.17) is 5.11 Å². The van der Waals surface area contributed by atoms with Crippen molar-refractivity contribution in [2.24, 2.45) is 0 Å². The Bertz CT molecular complexity index is 683. The van der Waals surface area contributed by atoms with Gasteiger partial charge in [0.05, 0.1) is 12.7 Å². The molecule has 7 nitrogen and oxygen atoms in total. The molecule has 23 heavy (non-hydrogen) atoms. The predicted molar refractivity (Wildman–Crippen MR) is 87.7 cm³/mol. The van der Waals surface area contributed by atoms with Gasteiger partial charge in [0.25, 0.3) is 0 Å². The molecule has 128 valence electrons. The summed E-state index contributed by atoms with van der Waals surface area (Å²) in [5, 5.41) is 11.5. The van der Waals surface area contributed by atoms with E-state index in [0.717, 1.165) is 6.26 Å². The monoisotopic (exact) mass is 342 g/mol. The van der Waals surface area contributed by atoms with E-state index < -0.39 is 21.5 Å². The van der Waals surface area contributed by atoms with Gasteiger partial charge in [-0.1, -0.05) is 12.1 Å². The Morgan fingerprint density at radius 2 is 1.91 bits per heavy atom. The third-order valence-corrected chi connectivity index (χ3v) is 3.64. The summed E-state index contributed by atoms with van der Waals surface area (Å²) in [5.41, 5.74) is 0.422. The molecule has 0 radical (unpaired) electrons. The van der Waals surface area contributed by atoms with Crippen LogP contribution in [0, 0.1) is 0 Å². The molecule has 1 aromatic rings. The van der Waals surface area contributed by atoms with Gasteiger partial charge < -0.3 is 10.4 Å². The Balaban J connectivity index is 2.67. The highest BCUT2D eigenvalue weighted by Gasteiger charge is 2.21. The average molecular weight is 342 g/mol. The lowest BCUT2D eigenvalue weighted by atomic mass is 9.98. The number of nitrogens with one attached hydrogen (secondary N) is 2. The second-order valence-corrected chi connectivity index (χ2v) is 7.83. The Labute approximate surface area is 136 Å². The quantitative estimate of drug-likeness (QED) is 0.660. The van der Waals surface area contributed by atoms with E-state index in [9.17, 15) is 18.0 Å². The van der Waals surface area contributed by atoms with E-state index in [2.05, 4.69) is 10.0 Å². The van der Waals surface area contributed by atoms with Crippen LogP contribution in [-0.4, -0.2) is 37.2 Å². The second-order valence-electron chi connectivity index (χ2n) is 6.08. The van der Waals surface area contributed by atoms with Crippen molar-refractivity contribution in [2.75, 3.05) is 11.0 Å². The number of benzene rings is 1. The number of aliphatic carboxylic acids is 1. The molecule has 8 heteroatoms. The van der Waals surface area contributed by atoms with Crippen molar-refractivity contribution in [3.8, 4) is 0 Å². The molecule has 1 amide bonds. The van der Waals surface area contributed by atoms with Crippen LogP contribution in [0.2, 0.25) is 0 Å². The van der Waals surface area contributed by atoms with E-state index in [1.807, 2.05) is 0 Å². The fourth-order valence-corrected chi connectivity index (χ4v) is 2.60. The fourth-order valence-electron chi connectivity index (χ4n) is 2.05. The van der Waals surface area contributed by atoms with Gasteiger partial charge in [-0.05, 0) is 38.0 Å². The molecular formula is C15H22N2O5S. The topological polar surface area (TPSA) is 113 Å². The van der Waals surface area contributed by atoms with Crippen molar-refractivity contribution in [1.29, 1.82) is 0 Å². The lowest BCUT2D eigenvalue weighted by molar-refractivity contribution is -0.137. The maximum atomic E-state index is 12.1. The van der Waals surface area contributed by atoms with Crippen LogP contribution >= 0.6 is 0 Å². The molecule has 0 aliphatic heterocycles. The zero-order valence-corrected chi connectivity index (χ0v) is 14.2. The molecule has 1 rings (SSSR count). The SMILES string of the molecule is CC(C)(CCC(=O)O)NC(=O)Cc1cccc(NS(C)(=O)=O)c1. The Morgan fingerprint density at radius 1 is 1.26 bits per heavy atom. The van der Waals surface area contributed by atoms with Gasteiger partial charge in [-0.25, -0.2) is 8.42 Å². The number of carbonyl (C=O) groups is 2. The predicted octanol–water partition coefficient (Wildman–Crippen LogP) is 1.36. The van der Waals surface area contributed by atoms with Gasteiger partial charge in [0, 0.05) is 17.6 Å². The van der Waals surface area contributed by atoms with Crippen molar-refractivity contribution in [3.63, 3.8) is 0 Å². The fraction of sp³-hybridized carbons (Fsp3) is 0.467. The maximum Gasteiger partial charge on any atom is 0.303 e. The highest BCUT2D eigenvalue weighted by molar-refractivity contribution is 7.92. The van der Waals surface area contributed by atoms with Crippen LogP contribution in [-0.2, 0) is 26.0 Å². The first-order valence-corrected chi connectivity index (χ1v) is 8.95. The summed E-state index contributed by atoms with van der Waals surface area (Å²) in [7, 11) is -3.37. The molecule has 0 atom stereocenters. The molecule has 0 saturated carbocycles. The van der Waals surface area contributed by atoms with Crippen LogP contribution in [0.5, 0.6) is 0 Å². The lowest BCUT2D eigenvalue weighted by Crippen LogP contribution is -2.44. The Hall–Kier alpha value is -2.09. The molecule has 0 aliphatic rings. The first-order valence-electron chi connectivity index (χ1n) is 7.06. The van der Waals surface area contributed by atoms with E-state index in [1.54, 1.807) is 38.1 Å². The van der Waals surface area contributed by atoms with Gasteiger partial charge in [-0.15, -0.1) is 0 Å². The number of amides is 1. The van der Waals surface area contributed by atoms with Gasteiger partial charge in [0.1, 0.15) is 0 Å². The molecule has 0 bridgehead atoms. The number of carboxylic acids is 1. The second kappa shape index (κ2) is 7.45. The summed E-state index contributed by atoms with van der Waals surface area (Å²) in [6, 6.07) is 6.56. The van der Waals surface area contributed by atoms with Gasteiger partial charge in [0.2, 0.25) is 15.9 Å². The van der Waals surface area contributed by atoms with Gasteiger partial charge >= 0.3 is 5.97 Å². The van der Waals surface area contributed by atoms with Gasteiger partial charge in [-0.3, -0.25) is 14.3 Å². The lowest BCUT2D eigenvalue weighted by Gasteiger charge is -2.25. The average Bonchev–Trinajstić information content (AvgIpc) is 2.34. The minimum atomic E-state index is -3.37. The van der Waals surface area contributed by atoms with Crippen LogP contribution in [0.1, 0.15) is 32.3 Å². The van der Waals surface area contributed by atoms with E-state index in [0.29, 0.717) is 17.7 Å². The van der Waals surface area contributed by atoms with E-state index >= 15 is 0 Å². The number of hydrogen-bond acceptors (Lipinski definition) is 4. The van der Waals surface area contributed by atoms with Crippen LogP contribution in [0.25, 0.3) is 0 Å². The summed E-state index contributed by atoms with van der Waals surface area (Å²) in [6.07, 6.45) is 1.43. The Kier molecular flexibility index (Phi) is 6.14. The number of carbonyl (C=O) groups excluding carboxylic acids is 1. The van der Waals surface area contributed by atoms with Crippen molar-refractivity contribution in [3.05, 3.63) is 29.8 Å². The number of carboxylic acid groups (broad SMARTS) is 1. The molecule has 0 heterocycles. The number of sulfonamides is 1. The highest BCUT2D eigenvalue weighted by Crippen LogP contribution is 2.14. The molecule has 1 aromatic carbocycles. The van der Waals surface area contributed by atoms with Crippen molar-refractivity contribution in [1.82, 2.24) is 5.32 Å². The molecular weight excluding hydrogens is 320 g/mol. The van der Waals surface area contributed by atoms with Crippen molar-refractivity contribution in [2.45, 2.75) is 38.6 Å². The van der Waals surface area contributed by atoms with Gasteiger partial charge in [0.15, 0.2) is 0 Å². The van der Waals surface area contributed by atoms with Crippen LogP contribution in [0.3, 0.4) is 0 Å². The summed E-state index contributed by atoms with van der Waals surface area (Å²) < 4.78 is 24.8. The van der Waals surface area contributed by atoms with Crippen LogP contribution in [0.4, 0.5) is 5.69 Å². The van der Waals surface area contributed by atoms with E-state index in [-0.39, 0.29) is 18.7 Å². The standard InChI is InChI=1S/C15H22N2O5S/c1-15(2,8-7-14(19)20)16-13(18)10-11-5-4-6-12(9-11)17-23(3,21)22/h4-6,9,17H,7-8,10H2,1-3H3,(H,16,18)(H,19,20). The van der Waals surface area contributed by atoms with E-state index in [1.165, 1.54) is 0 Å². The number of anilines is 1. The molecule has 0 aliphatic carbocycles. The Morgan fingerprint density at radius 3 is 2.48 bits per heavy atom. The summed E-state index contributed by atoms with van der Waals surface area (Å²) in [4.78, 5) is 22.7. The molecule has 0 unspecified atom stereocenters. The zero-order chi connectivity index (χ0) is 17.7. The third kappa shape index (κ3) is 8.20. The molecule has 3 N–H and O–H groups in total. The largest absolute Gasteiger partial charge is 0.481 e. The summed E-state index contributed by atoms with van der Waals surface area (Å²) in [5.74, 6) is -1.16. The number of hydrogen-bond donors (Lipinski definition) is 3. The van der Waals surface area contributed by atoms with Gasteiger partial charge in [-0.2, -0.15) is 0 Å². The first-order chi connectivity index (χ1) is 10.5. The first kappa shape index (κ1) is 19.0. The van der Waals surface area contributed by atoms with Crippen LogP contribution < -0.4 is 10.0 Å². The van der Waals surface area contributed by atoms with Crippen LogP contribution in [0.15, 0.2) is 24.3 Å². The normalized spacial score (nSPS) is 11.8.